The number of rotatable bonds is 7. The van der Waals surface area contributed by atoms with E-state index in [-0.39, 0.29) is 5.92 Å². The van der Waals surface area contributed by atoms with Crippen LogP contribution in [0.1, 0.15) is 47.5 Å². The van der Waals surface area contributed by atoms with Crippen molar-refractivity contribution in [2.75, 3.05) is 13.1 Å². The van der Waals surface area contributed by atoms with Gasteiger partial charge in [-0.25, -0.2) is 0 Å². The molecule has 1 saturated heterocycles. The van der Waals surface area contributed by atoms with Crippen molar-refractivity contribution in [1.29, 1.82) is 0 Å². The summed E-state index contributed by atoms with van der Waals surface area (Å²) in [5.74, 6) is -5.78. The molecule has 1 fully saturated rings. The molecule has 7 heteroatoms. The maximum atomic E-state index is 12.6. The van der Waals surface area contributed by atoms with E-state index >= 15 is 0 Å². The van der Waals surface area contributed by atoms with Crippen molar-refractivity contribution in [2.45, 2.75) is 59.2 Å². The highest BCUT2D eigenvalue weighted by molar-refractivity contribution is 5.98. The van der Waals surface area contributed by atoms with Crippen molar-refractivity contribution in [2.24, 2.45) is 17.8 Å². The van der Waals surface area contributed by atoms with E-state index in [2.05, 4.69) is 5.32 Å². The standard InChI is InChI=1S/C17H29NO6/c1-6-10(2)23-15(21)13(14(19)20)12(11-7-8-18-9-11)16(22)24-17(3,4)5/h10-13,18H,6-9H2,1-5H3,(H,19,20). The van der Waals surface area contributed by atoms with Crippen LogP contribution in [0, 0.1) is 17.8 Å². The predicted octanol–water partition coefficient (Wildman–Crippen LogP) is 1.60. The van der Waals surface area contributed by atoms with Gasteiger partial charge in [-0.3, -0.25) is 14.4 Å². The Hall–Kier alpha value is -1.63. The van der Waals surface area contributed by atoms with Gasteiger partial charge in [0.2, 0.25) is 0 Å². The molecule has 0 aromatic carbocycles. The van der Waals surface area contributed by atoms with Crippen molar-refractivity contribution in [1.82, 2.24) is 5.32 Å². The van der Waals surface area contributed by atoms with Gasteiger partial charge in [-0.2, -0.15) is 0 Å². The van der Waals surface area contributed by atoms with E-state index in [9.17, 15) is 19.5 Å². The Bertz CT molecular complexity index is 464. The third-order valence-corrected chi connectivity index (χ3v) is 4.06. The second kappa shape index (κ2) is 8.46. The lowest BCUT2D eigenvalue weighted by Gasteiger charge is -2.30. The van der Waals surface area contributed by atoms with Crippen LogP contribution in [0.25, 0.3) is 0 Å². The number of carboxylic acids is 1. The lowest BCUT2D eigenvalue weighted by atomic mass is 9.80. The molecule has 0 amide bonds. The molecule has 24 heavy (non-hydrogen) atoms. The molecule has 0 aromatic rings. The normalized spacial score (nSPS) is 21.6. The number of esters is 2. The second-order valence-electron chi connectivity index (χ2n) is 7.28. The fourth-order valence-electron chi connectivity index (χ4n) is 2.71. The number of carboxylic acid groups (broad SMARTS) is 1. The molecule has 0 aliphatic carbocycles. The van der Waals surface area contributed by atoms with Gasteiger partial charge in [-0.1, -0.05) is 6.92 Å². The van der Waals surface area contributed by atoms with E-state index in [1.165, 1.54) is 0 Å². The van der Waals surface area contributed by atoms with Crippen LogP contribution in [-0.4, -0.2) is 47.8 Å². The summed E-state index contributed by atoms with van der Waals surface area (Å²) in [6.07, 6.45) is 0.783. The summed E-state index contributed by atoms with van der Waals surface area (Å²) in [5.41, 5.74) is -0.759. The molecule has 138 valence electrons. The van der Waals surface area contributed by atoms with Gasteiger partial charge < -0.3 is 19.9 Å². The van der Waals surface area contributed by atoms with E-state index in [0.29, 0.717) is 25.9 Å². The molecule has 0 aromatic heterocycles. The van der Waals surface area contributed by atoms with E-state index < -0.39 is 41.4 Å². The lowest BCUT2D eigenvalue weighted by Crippen LogP contribution is -2.44. The molecule has 1 heterocycles. The van der Waals surface area contributed by atoms with Crippen molar-refractivity contribution in [3.8, 4) is 0 Å². The summed E-state index contributed by atoms with van der Waals surface area (Å²) in [6, 6.07) is 0. The quantitative estimate of drug-likeness (QED) is 0.534. The van der Waals surface area contributed by atoms with Gasteiger partial charge in [-0.05, 0) is 59.5 Å². The summed E-state index contributed by atoms with van der Waals surface area (Å²) in [7, 11) is 0. The molecule has 0 saturated carbocycles. The van der Waals surface area contributed by atoms with E-state index in [1.807, 2.05) is 6.92 Å². The largest absolute Gasteiger partial charge is 0.481 e. The first-order valence-corrected chi connectivity index (χ1v) is 8.43. The zero-order chi connectivity index (χ0) is 18.5. The first-order chi connectivity index (χ1) is 11.1. The highest BCUT2D eigenvalue weighted by atomic mass is 16.6. The Balaban J connectivity index is 3.09. The van der Waals surface area contributed by atoms with Crippen LogP contribution < -0.4 is 5.32 Å². The minimum Gasteiger partial charge on any atom is -0.481 e. The summed E-state index contributed by atoms with van der Waals surface area (Å²) < 4.78 is 10.6. The Morgan fingerprint density at radius 1 is 1.25 bits per heavy atom. The number of carbonyl (C=O) groups excluding carboxylic acids is 2. The number of ether oxygens (including phenoxy) is 2. The van der Waals surface area contributed by atoms with Crippen LogP contribution in [0.5, 0.6) is 0 Å². The Morgan fingerprint density at radius 3 is 2.29 bits per heavy atom. The smallest absolute Gasteiger partial charge is 0.321 e. The number of carbonyl (C=O) groups is 3. The van der Waals surface area contributed by atoms with Crippen LogP contribution in [0.2, 0.25) is 0 Å². The van der Waals surface area contributed by atoms with Gasteiger partial charge in [0.05, 0.1) is 12.0 Å². The third kappa shape index (κ3) is 5.78. The van der Waals surface area contributed by atoms with Crippen LogP contribution in [0.15, 0.2) is 0 Å². The van der Waals surface area contributed by atoms with E-state index in [0.717, 1.165) is 0 Å². The molecule has 7 nitrogen and oxygen atoms in total. The molecule has 1 aliphatic heterocycles. The molecular weight excluding hydrogens is 314 g/mol. The molecule has 2 N–H and O–H groups in total. The predicted molar refractivity (Wildman–Crippen MR) is 87.3 cm³/mol. The summed E-state index contributed by atoms with van der Waals surface area (Å²) in [6.45, 7) is 9.81. The molecule has 1 aliphatic rings. The molecule has 1 rings (SSSR count). The zero-order valence-corrected chi connectivity index (χ0v) is 15.1. The second-order valence-corrected chi connectivity index (χ2v) is 7.28. The fourth-order valence-corrected chi connectivity index (χ4v) is 2.71. The van der Waals surface area contributed by atoms with Gasteiger partial charge in [-0.15, -0.1) is 0 Å². The topological polar surface area (TPSA) is 102 Å². The van der Waals surface area contributed by atoms with Gasteiger partial charge in [0.25, 0.3) is 0 Å². The molecule has 0 bridgehead atoms. The Labute approximate surface area is 143 Å². The lowest BCUT2D eigenvalue weighted by molar-refractivity contribution is -0.178. The highest BCUT2D eigenvalue weighted by Crippen LogP contribution is 2.31. The third-order valence-electron chi connectivity index (χ3n) is 4.06. The molecule has 0 spiro atoms. The zero-order valence-electron chi connectivity index (χ0n) is 15.1. The van der Waals surface area contributed by atoms with Gasteiger partial charge in [0, 0.05) is 0 Å². The first kappa shape index (κ1) is 20.4. The Morgan fingerprint density at radius 2 is 1.88 bits per heavy atom. The minimum absolute atomic E-state index is 0.273. The van der Waals surface area contributed by atoms with Gasteiger partial charge in [0.15, 0.2) is 5.92 Å². The first-order valence-electron chi connectivity index (χ1n) is 8.43. The molecule has 4 atom stereocenters. The monoisotopic (exact) mass is 343 g/mol. The average molecular weight is 343 g/mol. The maximum Gasteiger partial charge on any atom is 0.321 e. The summed E-state index contributed by atoms with van der Waals surface area (Å²) >= 11 is 0. The van der Waals surface area contributed by atoms with Crippen LogP contribution in [0.3, 0.4) is 0 Å². The Kier molecular flexibility index (Phi) is 7.20. The number of aliphatic carboxylic acids is 1. The SMILES string of the molecule is CCC(C)OC(=O)C(C(=O)O)C(C(=O)OC(C)(C)C)C1CCNC1. The van der Waals surface area contributed by atoms with Crippen molar-refractivity contribution in [3.05, 3.63) is 0 Å². The van der Waals surface area contributed by atoms with Crippen LogP contribution in [0.4, 0.5) is 0 Å². The highest BCUT2D eigenvalue weighted by Gasteiger charge is 2.47. The number of hydrogen-bond donors (Lipinski definition) is 2. The van der Waals surface area contributed by atoms with Gasteiger partial charge >= 0.3 is 17.9 Å². The maximum absolute atomic E-state index is 12.6. The number of nitrogens with one attached hydrogen (secondary N) is 1. The van der Waals surface area contributed by atoms with Crippen molar-refractivity contribution < 1.29 is 29.0 Å². The van der Waals surface area contributed by atoms with E-state index in [4.69, 9.17) is 9.47 Å². The van der Waals surface area contributed by atoms with Crippen molar-refractivity contribution in [3.63, 3.8) is 0 Å². The van der Waals surface area contributed by atoms with Crippen LogP contribution in [-0.2, 0) is 23.9 Å². The van der Waals surface area contributed by atoms with Crippen molar-refractivity contribution >= 4 is 17.9 Å². The summed E-state index contributed by atoms with van der Waals surface area (Å²) in [4.78, 5) is 36.8. The van der Waals surface area contributed by atoms with Crippen LogP contribution >= 0.6 is 0 Å². The van der Waals surface area contributed by atoms with Gasteiger partial charge in [0.1, 0.15) is 5.60 Å². The average Bonchev–Trinajstić information content (AvgIpc) is 2.95. The van der Waals surface area contributed by atoms with E-state index in [1.54, 1.807) is 27.7 Å². The summed E-state index contributed by atoms with van der Waals surface area (Å²) in [5, 5.41) is 12.7. The molecule has 0 radical (unpaired) electrons. The number of hydrogen-bond acceptors (Lipinski definition) is 6. The molecular formula is C17H29NO6. The minimum atomic E-state index is -1.56. The fraction of sp³-hybridized carbons (Fsp3) is 0.824. The molecule has 4 unspecified atom stereocenters.